The summed E-state index contributed by atoms with van der Waals surface area (Å²) in [6.07, 6.45) is -0.140. The molecule has 1 aromatic rings. The van der Waals surface area contributed by atoms with Crippen molar-refractivity contribution in [3.8, 4) is 5.75 Å². The highest BCUT2D eigenvalue weighted by molar-refractivity contribution is 9.10. The van der Waals surface area contributed by atoms with E-state index in [2.05, 4.69) is 15.9 Å². The van der Waals surface area contributed by atoms with E-state index in [-0.39, 0.29) is 12.5 Å². The Morgan fingerprint density at radius 1 is 1.48 bits per heavy atom. The van der Waals surface area contributed by atoms with E-state index in [4.69, 9.17) is 9.84 Å². The molecule has 2 rings (SSSR count). The van der Waals surface area contributed by atoms with Crippen LogP contribution in [0.5, 0.6) is 5.75 Å². The number of benzene rings is 1. The van der Waals surface area contributed by atoms with Gasteiger partial charge in [0, 0.05) is 13.1 Å². The molecule has 1 aromatic carbocycles. The maximum atomic E-state index is 12.3. The summed E-state index contributed by atoms with van der Waals surface area (Å²) >= 11 is 3.41. The molecule has 114 valence electrons. The molecular formula is C15H18BrNO4. The molecule has 1 aliphatic heterocycles. The molecule has 2 atom stereocenters. The first kappa shape index (κ1) is 15.8. The van der Waals surface area contributed by atoms with Gasteiger partial charge in [0.25, 0.3) is 5.91 Å². The topological polar surface area (TPSA) is 66.8 Å². The molecule has 1 aliphatic rings. The predicted molar refractivity (Wildman–Crippen MR) is 81.3 cm³/mol. The summed E-state index contributed by atoms with van der Waals surface area (Å²) in [5.74, 6) is -0.880. The van der Waals surface area contributed by atoms with Crippen LogP contribution in [0.25, 0.3) is 0 Å². The SMILES string of the molecule is Cc1ccc(O[C@H](C)C(=O)N2CC[C@@H](C(=O)O)C2)c(Br)c1. The molecule has 1 heterocycles. The van der Waals surface area contributed by atoms with Crippen molar-refractivity contribution >= 4 is 27.8 Å². The average Bonchev–Trinajstić information content (AvgIpc) is 2.90. The van der Waals surface area contributed by atoms with Crippen molar-refractivity contribution in [2.75, 3.05) is 13.1 Å². The van der Waals surface area contributed by atoms with E-state index >= 15 is 0 Å². The minimum atomic E-state index is -0.847. The Bertz CT molecular complexity index is 561. The molecule has 0 bridgehead atoms. The molecule has 0 saturated carbocycles. The Labute approximate surface area is 132 Å². The molecule has 0 unspecified atom stereocenters. The highest BCUT2D eigenvalue weighted by Crippen LogP contribution is 2.27. The second-order valence-corrected chi connectivity index (χ2v) is 6.16. The van der Waals surface area contributed by atoms with Crippen molar-refractivity contribution in [1.29, 1.82) is 0 Å². The van der Waals surface area contributed by atoms with Gasteiger partial charge in [-0.2, -0.15) is 0 Å². The van der Waals surface area contributed by atoms with Crippen LogP contribution in [0.2, 0.25) is 0 Å². The molecule has 1 amide bonds. The summed E-state index contributed by atoms with van der Waals surface area (Å²) in [5.41, 5.74) is 1.09. The molecule has 0 spiro atoms. The van der Waals surface area contributed by atoms with Crippen LogP contribution in [0, 0.1) is 12.8 Å². The van der Waals surface area contributed by atoms with E-state index in [1.807, 2.05) is 25.1 Å². The molecule has 21 heavy (non-hydrogen) atoms. The molecule has 1 fully saturated rings. The number of likely N-dealkylation sites (tertiary alicyclic amines) is 1. The van der Waals surface area contributed by atoms with Gasteiger partial charge >= 0.3 is 5.97 Å². The monoisotopic (exact) mass is 355 g/mol. The number of nitrogens with zero attached hydrogens (tertiary/aromatic N) is 1. The Hall–Kier alpha value is -1.56. The number of hydrogen-bond acceptors (Lipinski definition) is 3. The predicted octanol–water partition coefficient (Wildman–Crippen LogP) is 2.46. The first-order valence-corrected chi connectivity index (χ1v) is 7.62. The second kappa shape index (κ2) is 6.47. The van der Waals surface area contributed by atoms with Crippen molar-refractivity contribution in [2.24, 2.45) is 5.92 Å². The summed E-state index contributed by atoms with van der Waals surface area (Å²) in [6.45, 7) is 4.39. The zero-order valence-electron chi connectivity index (χ0n) is 12.0. The fourth-order valence-corrected chi connectivity index (χ4v) is 2.95. The largest absolute Gasteiger partial charge is 0.481 e. The number of carbonyl (C=O) groups is 2. The number of rotatable bonds is 4. The fraction of sp³-hybridized carbons (Fsp3) is 0.467. The van der Waals surface area contributed by atoms with Gasteiger partial charge in [0.2, 0.25) is 0 Å². The zero-order valence-corrected chi connectivity index (χ0v) is 13.6. The number of ether oxygens (including phenoxy) is 1. The molecule has 0 aliphatic carbocycles. The Kier molecular flexibility index (Phi) is 4.88. The van der Waals surface area contributed by atoms with Crippen molar-refractivity contribution in [2.45, 2.75) is 26.4 Å². The fourth-order valence-electron chi connectivity index (χ4n) is 2.36. The van der Waals surface area contributed by atoms with E-state index in [9.17, 15) is 9.59 Å². The van der Waals surface area contributed by atoms with Crippen molar-refractivity contribution < 1.29 is 19.4 Å². The summed E-state index contributed by atoms with van der Waals surface area (Å²) < 4.78 is 6.48. The Balaban J connectivity index is 1.98. The maximum Gasteiger partial charge on any atom is 0.308 e. The van der Waals surface area contributed by atoms with Crippen LogP contribution in [-0.4, -0.2) is 41.1 Å². The standard InChI is InChI=1S/C15H18BrNO4/c1-9-3-4-13(12(16)7-9)21-10(2)14(18)17-6-5-11(8-17)15(19)20/h3-4,7,10-11H,5-6,8H2,1-2H3,(H,19,20)/t10-,11-/m1/s1. The average molecular weight is 356 g/mol. The highest BCUT2D eigenvalue weighted by atomic mass is 79.9. The van der Waals surface area contributed by atoms with Gasteiger partial charge in [-0.25, -0.2) is 0 Å². The third kappa shape index (κ3) is 3.75. The van der Waals surface area contributed by atoms with Crippen LogP contribution >= 0.6 is 15.9 Å². The summed E-state index contributed by atoms with van der Waals surface area (Å²) in [6, 6.07) is 5.64. The Morgan fingerprint density at radius 2 is 2.19 bits per heavy atom. The lowest BCUT2D eigenvalue weighted by atomic mass is 10.1. The smallest absolute Gasteiger partial charge is 0.308 e. The van der Waals surface area contributed by atoms with Crippen LogP contribution in [0.15, 0.2) is 22.7 Å². The van der Waals surface area contributed by atoms with Crippen LogP contribution in [-0.2, 0) is 9.59 Å². The third-order valence-corrected chi connectivity index (χ3v) is 4.21. The van der Waals surface area contributed by atoms with Gasteiger partial charge in [-0.05, 0) is 53.9 Å². The van der Waals surface area contributed by atoms with E-state index in [1.165, 1.54) is 0 Å². The minimum Gasteiger partial charge on any atom is -0.481 e. The number of amides is 1. The molecule has 5 nitrogen and oxygen atoms in total. The van der Waals surface area contributed by atoms with E-state index in [1.54, 1.807) is 11.8 Å². The first-order chi connectivity index (χ1) is 9.88. The molecule has 0 radical (unpaired) electrons. The van der Waals surface area contributed by atoms with Crippen LogP contribution in [0.4, 0.5) is 0 Å². The number of carboxylic acid groups (broad SMARTS) is 1. The number of carbonyl (C=O) groups excluding carboxylic acids is 1. The van der Waals surface area contributed by atoms with Crippen molar-refractivity contribution in [3.05, 3.63) is 28.2 Å². The van der Waals surface area contributed by atoms with E-state index in [0.717, 1.165) is 10.0 Å². The van der Waals surface area contributed by atoms with Crippen molar-refractivity contribution in [3.63, 3.8) is 0 Å². The zero-order chi connectivity index (χ0) is 15.6. The molecule has 1 saturated heterocycles. The molecular weight excluding hydrogens is 338 g/mol. The third-order valence-electron chi connectivity index (χ3n) is 3.59. The van der Waals surface area contributed by atoms with Crippen LogP contribution in [0.3, 0.4) is 0 Å². The summed E-state index contributed by atoms with van der Waals surface area (Å²) in [4.78, 5) is 24.8. The van der Waals surface area contributed by atoms with E-state index in [0.29, 0.717) is 18.7 Å². The number of aryl methyl sites for hydroxylation is 1. The quantitative estimate of drug-likeness (QED) is 0.900. The molecule has 0 aromatic heterocycles. The maximum absolute atomic E-state index is 12.3. The van der Waals surface area contributed by atoms with Gasteiger partial charge in [0.05, 0.1) is 10.4 Å². The normalized spacial score (nSPS) is 19.4. The number of carboxylic acids is 1. The number of aliphatic carboxylic acids is 1. The highest BCUT2D eigenvalue weighted by Gasteiger charge is 2.33. The lowest BCUT2D eigenvalue weighted by molar-refractivity contribution is -0.142. The lowest BCUT2D eigenvalue weighted by Gasteiger charge is -2.22. The first-order valence-electron chi connectivity index (χ1n) is 6.83. The van der Waals surface area contributed by atoms with Gasteiger partial charge in [0.15, 0.2) is 6.10 Å². The van der Waals surface area contributed by atoms with Crippen LogP contribution in [0.1, 0.15) is 18.9 Å². The minimum absolute atomic E-state index is 0.175. The second-order valence-electron chi connectivity index (χ2n) is 5.30. The van der Waals surface area contributed by atoms with Gasteiger partial charge in [0.1, 0.15) is 5.75 Å². The van der Waals surface area contributed by atoms with Gasteiger partial charge in [-0.1, -0.05) is 6.07 Å². The molecule has 6 heteroatoms. The Morgan fingerprint density at radius 3 is 2.76 bits per heavy atom. The van der Waals surface area contributed by atoms with Gasteiger partial charge in [-0.15, -0.1) is 0 Å². The molecule has 1 N–H and O–H groups in total. The number of hydrogen-bond donors (Lipinski definition) is 1. The van der Waals surface area contributed by atoms with Crippen molar-refractivity contribution in [1.82, 2.24) is 4.90 Å². The van der Waals surface area contributed by atoms with Gasteiger partial charge < -0.3 is 14.7 Å². The number of halogens is 1. The van der Waals surface area contributed by atoms with Crippen LogP contribution < -0.4 is 4.74 Å². The summed E-state index contributed by atoms with van der Waals surface area (Å²) in [5, 5.41) is 8.97. The lowest BCUT2D eigenvalue weighted by Crippen LogP contribution is -2.39. The van der Waals surface area contributed by atoms with E-state index < -0.39 is 18.0 Å². The van der Waals surface area contributed by atoms with Gasteiger partial charge in [-0.3, -0.25) is 9.59 Å². The summed E-state index contributed by atoms with van der Waals surface area (Å²) in [7, 11) is 0.